The number of rotatable bonds is 3. The van der Waals surface area contributed by atoms with Gasteiger partial charge < -0.3 is 14.8 Å². The number of nitrogens with one attached hydrogen (secondary N) is 1. The first-order valence-electron chi connectivity index (χ1n) is 9.94. The van der Waals surface area contributed by atoms with Crippen molar-refractivity contribution >= 4 is 17.8 Å². The fourth-order valence-electron chi connectivity index (χ4n) is 4.73. The van der Waals surface area contributed by atoms with E-state index in [4.69, 9.17) is 9.47 Å². The average molecular weight is 392 g/mol. The van der Waals surface area contributed by atoms with Crippen LogP contribution in [-0.2, 0) is 9.53 Å². The summed E-state index contributed by atoms with van der Waals surface area (Å²) in [6, 6.07) is 6.43. The third-order valence-electron chi connectivity index (χ3n) is 6.15. The van der Waals surface area contributed by atoms with Crippen LogP contribution in [0.1, 0.15) is 29.2 Å². The normalized spacial score (nSPS) is 25.0. The van der Waals surface area contributed by atoms with Gasteiger partial charge in [-0.3, -0.25) is 9.80 Å². The molecule has 4 heterocycles. The van der Waals surface area contributed by atoms with E-state index in [2.05, 4.69) is 38.6 Å². The molecule has 1 aromatic carbocycles. The van der Waals surface area contributed by atoms with Crippen LogP contribution in [0.25, 0.3) is 11.1 Å². The van der Waals surface area contributed by atoms with E-state index in [-0.39, 0.29) is 23.9 Å². The van der Waals surface area contributed by atoms with E-state index in [9.17, 15) is 4.79 Å². The first kappa shape index (κ1) is 18.1. The van der Waals surface area contributed by atoms with Crippen molar-refractivity contribution in [3.63, 3.8) is 0 Å². The minimum absolute atomic E-state index is 0.00873. The van der Waals surface area contributed by atoms with Gasteiger partial charge in [0, 0.05) is 35.8 Å². The molecule has 2 unspecified atom stereocenters. The Morgan fingerprint density at radius 2 is 2.17 bits per heavy atom. The van der Waals surface area contributed by atoms with Crippen LogP contribution in [0.3, 0.4) is 0 Å². The van der Waals surface area contributed by atoms with E-state index < -0.39 is 0 Å². The molecular formula is C22H24N4O3. The smallest absolute Gasteiger partial charge is 0.235 e. The maximum atomic E-state index is 12.8. The number of aryl methyl sites for hydroxylation is 1. The number of benzene rings is 1. The molecule has 3 aliphatic heterocycles. The molecule has 1 fully saturated rings. The number of carbonyl (C=O) groups is 1. The van der Waals surface area contributed by atoms with Crippen molar-refractivity contribution in [1.82, 2.24) is 9.99 Å². The molecule has 0 aliphatic carbocycles. The second-order valence-corrected chi connectivity index (χ2v) is 7.87. The summed E-state index contributed by atoms with van der Waals surface area (Å²) in [6.07, 6.45) is 4.53. The molecule has 5 rings (SSSR count). The zero-order valence-corrected chi connectivity index (χ0v) is 16.8. The van der Waals surface area contributed by atoms with Gasteiger partial charge in [-0.1, -0.05) is 12.1 Å². The van der Waals surface area contributed by atoms with E-state index in [0.717, 1.165) is 46.5 Å². The number of pyridine rings is 1. The van der Waals surface area contributed by atoms with Crippen LogP contribution in [-0.4, -0.2) is 48.5 Å². The Bertz CT molecular complexity index is 1010. The highest BCUT2D eigenvalue weighted by atomic mass is 16.5. The third-order valence-corrected chi connectivity index (χ3v) is 6.15. The predicted octanol–water partition coefficient (Wildman–Crippen LogP) is 3.07. The largest absolute Gasteiger partial charge is 0.481 e. The Balaban J connectivity index is 1.58. The van der Waals surface area contributed by atoms with Crippen LogP contribution in [0.5, 0.6) is 5.88 Å². The van der Waals surface area contributed by atoms with Gasteiger partial charge in [0.15, 0.2) is 0 Å². The molecule has 1 saturated heterocycles. The van der Waals surface area contributed by atoms with Crippen LogP contribution in [0.15, 0.2) is 29.5 Å². The van der Waals surface area contributed by atoms with Gasteiger partial charge >= 0.3 is 0 Å². The number of methoxy groups -OCH3 is 1. The quantitative estimate of drug-likeness (QED) is 0.869. The van der Waals surface area contributed by atoms with Gasteiger partial charge in [-0.15, -0.1) is 0 Å². The Morgan fingerprint density at radius 3 is 2.93 bits per heavy atom. The van der Waals surface area contributed by atoms with Crippen molar-refractivity contribution in [3.8, 4) is 17.0 Å². The Hall–Kier alpha value is -2.93. The number of ether oxygens (including phenoxy) is 2. The van der Waals surface area contributed by atoms with Crippen LogP contribution < -0.4 is 10.1 Å². The van der Waals surface area contributed by atoms with Crippen molar-refractivity contribution in [3.05, 3.63) is 41.1 Å². The SMILES string of the molecule is COc1ncc(C)c(-c2ccc3c(c2)NC(=O)C2C=NN([C@H]4CCOC4)C32)c1C. The number of nitrogens with zero attached hydrogens (tertiary/aromatic N) is 3. The van der Waals surface area contributed by atoms with Crippen molar-refractivity contribution in [2.24, 2.45) is 11.0 Å². The maximum absolute atomic E-state index is 12.8. The van der Waals surface area contributed by atoms with E-state index in [0.29, 0.717) is 12.5 Å². The molecular weight excluding hydrogens is 368 g/mol. The number of fused-ring (bicyclic) bond motifs is 3. The Morgan fingerprint density at radius 1 is 1.31 bits per heavy atom. The lowest BCUT2D eigenvalue weighted by Crippen LogP contribution is -2.41. The number of hydrogen-bond acceptors (Lipinski definition) is 6. The molecule has 1 N–H and O–H groups in total. The van der Waals surface area contributed by atoms with Gasteiger partial charge in [0.25, 0.3) is 0 Å². The fourth-order valence-corrected chi connectivity index (χ4v) is 4.73. The zero-order valence-electron chi connectivity index (χ0n) is 16.8. The third kappa shape index (κ3) is 2.80. The van der Waals surface area contributed by atoms with Gasteiger partial charge in [-0.25, -0.2) is 4.98 Å². The maximum Gasteiger partial charge on any atom is 0.235 e. The highest BCUT2D eigenvalue weighted by Gasteiger charge is 2.45. The summed E-state index contributed by atoms with van der Waals surface area (Å²) in [5.74, 6) is 0.341. The molecule has 0 bridgehead atoms. The van der Waals surface area contributed by atoms with E-state index in [1.165, 1.54) is 0 Å². The molecule has 1 aromatic heterocycles. The van der Waals surface area contributed by atoms with Gasteiger partial charge in [0.05, 0.1) is 25.8 Å². The number of amides is 1. The van der Waals surface area contributed by atoms with Crippen LogP contribution in [0.2, 0.25) is 0 Å². The lowest BCUT2D eigenvalue weighted by molar-refractivity contribution is -0.119. The van der Waals surface area contributed by atoms with E-state index >= 15 is 0 Å². The number of carbonyl (C=O) groups excluding carboxylic acids is 1. The summed E-state index contributed by atoms with van der Waals surface area (Å²) in [5.41, 5.74) is 6.11. The van der Waals surface area contributed by atoms with Crippen molar-refractivity contribution in [2.45, 2.75) is 32.4 Å². The summed E-state index contributed by atoms with van der Waals surface area (Å²) in [7, 11) is 1.63. The number of anilines is 1. The van der Waals surface area contributed by atoms with Crippen molar-refractivity contribution < 1.29 is 14.3 Å². The predicted molar refractivity (Wildman–Crippen MR) is 110 cm³/mol. The lowest BCUT2D eigenvalue weighted by Gasteiger charge is -2.35. The second-order valence-electron chi connectivity index (χ2n) is 7.87. The number of hydrogen-bond donors (Lipinski definition) is 1. The highest BCUT2D eigenvalue weighted by Crippen LogP contribution is 2.44. The van der Waals surface area contributed by atoms with E-state index in [1.807, 2.05) is 20.0 Å². The molecule has 3 atom stereocenters. The summed E-state index contributed by atoms with van der Waals surface area (Å²) in [5, 5.41) is 9.74. The Labute approximate surface area is 169 Å². The summed E-state index contributed by atoms with van der Waals surface area (Å²) in [4.78, 5) is 17.1. The van der Waals surface area contributed by atoms with E-state index in [1.54, 1.807) is 13.3 Å². The zero-order chi connectivity index (χ0) is 20.1. The molecule has 29 heavy (non-hydrogen) atoms. The minimum Gasteiger partial charge on any atom is -0.481 e. The molecule has 1 amide bonds. The standard InChI is InChI=1S/C22H24N4O3/c1-12-9-23-22(28-3)13(2)19(12)14-4-5-16-18(8-14)25-21(27)17-10-24-26(20(16)17)15-6-7-29-11-15/h4-5,8-10,15,17,20H,6-7,11H2,1-3H3,(H,25,27)/t15-,17?,20?/m0/s1. The number of aromatic nitrogens is 1. The minimum atomic E-state index is -0.265. The Kier molecular flexibility index (Phi) is 4.28. The molecule has 0 saturated carbocycles. The molecule has 7 heteroatoms. The number of hydrazone groups is 1. The average Bonchev–Trinajstić information content (AvgIpc) is 3.38. The molecule has 150 valence electrons. The highest BCUT2D eigenvalue weighted by molar-refractivity contribution is 6.06. The van der Waals surface area contributed by atoms with Crippen molar-refractivity contribution in [2.75, 3.05) is 25.6 Å². The van der Waals surface area contributed by atoms with Crippen molar-refractivity contribution in [1.29, 1.82) is 0 Å². The topological polar surface area (TPSA) is 76.0 Å². The molecule has 3 aliphatic rings. The monoisotopic (exact) mass is 392 g/mol. The van der Waals surface area contributed by atoms with Gasteiger partial charge in [0.2, 0.25) is 11.8 Å². The van der Waals surface area contributed by atoms with Crippen LogP contribution in [0, 0.1) is 19.8 Å². The van der Waals surface area contributed by atoms with Gasteiger partial charge in [0.1, 0.15) is 5.92 Å². The first-order valence-corrected chi connectivity index (χ1v) is 9.94. The summed E-state index contributed by atoms with van der Waals surface area (Å²) >= 11 is 0. The molecule has 2 aromatic rings. The second kappa shape index (κ2) is 6.84. The summed E-state index contributed by atoms with van der Waals surface area (Å²) < 4.78 is 11.0. The molecule has 0 spiro atoms. The van der Waals surface area contributed by atoms with Gasteiger partial charge in [-0.05, 0) is 43.0 Å². The fraction of sp³-hybridized carbons (Fsp3) is 0.409. The molecule has 0 radical (unpaired) electrons. The van der Waals surface area contributed by atoms with Crippen LogP contribution >= 0.6 is 0 Å². The molecule has 7 nitrogen and oxygen atoms in total. The van der Waals surface area contributed by atoms with Gasteiger partial charge in [-0.2, -0.15) is 5.10 Å². The van der Waals surface area contributed by atoms with Crippen LogP contribution in [0.4, 0.5) is 5.69 Å². The first-order chi connectivity index (χ1) is 14.1. The lowest BCUT2D eigenvalue weighted by atomic mass is 9.86. The summed E-state index contributed by atoms with van der Waals surface area (Å²) in [6.45, 7) is 5.45.